The number of ether oxygens (including phenoxy) is 1. The Bertz CT molecular complexity index is 463. The van der Waals surface area contributed by atoms with Crippen LogP contribution in [0.2, 0.25) is 0 Å². The first-order chi connectivity index (χ1) is 8.99. The molecule has 0 saturated carbocycles. The number of benzene rings is 1. The summed E-state index contributed by atoms with van der Waals surface area (Å²) in [7, 11) is 3.94. The number of carboxylic acids is 1. The highest BCUT2D eigenvalue weighted by atomic mass is 16.5. The maximum Gasteiger partial charge on any atom is 0.376 e. The Morgan fingerprint density at radius 2 is 1.89 bits per heavy atom. The van der Waals surface area contributed by atoms with Crippen molar-refractivity contribution >= 4 is 17.8 Å². The lowest BCUT2D eigenvalue weighted by Gasteiger charge is -2.10. The second kappa shape index (κ2) is 7.33. The van der Waals surface area contributed by atoms with E-state index in [1.165, 1.54) is 6.08 Å². The zero-order chi connectivity index (χ0) is 14.3. The summed E-state index contributed by atoms with van der Waals surface area (Å²) in [5, 5.41) is 8.42. The molecule has 0 amide bonds. The molecule has 5 heteroatoms. The minimum Gasteiger partial charge on any atom is -0.492 e. The van der Waals surface area contributed by atoms with Gasteiger partial charge in [0.05, 0.1) is 0 Å². The van der Waals surface area contributed by atoms with Crippen LogP contribution in [0.4, 0.5) is 0 Å². The maximum atomic E-state index is 10.9. The largest absolute Gasteiger partial charge is 0.492 e. The van der Waals surface area contributed by atoms with Crippen LogP contribution in [0.25, 0.3) is 6.08 Å². The molecule has 0 bridgehead atoms. The van der Waals surface area contributed by atoms with Crippen LogP contribution >= 0.6 is 0 Å². The molecular weight excluding hydrogens is 246 g/mol. The molecule has 0 fully saturated rings. The van der Waals surface area contributed by atoms with E-state index in [2.05, 4.69) is 0 Å². The SMILES string of the molecule is CN(C)CCOc1ccc(/C=C/C(=O)C(=O)O)cc1. The summed E-state index contributed by atoms with van der Waals surface area (Å²) in [4.78, 5) is 23.2. The number of carboxylic acid groups (broad SMARTS) is 1. The highest BCUT2D eigenvalue weighted by Crippen LogP contribution is 2.13. The molecule has 102 valence electrons. The van der Waals surface area contributed by atoms with Crippen LogP contribution in [0, 0.1) is 0 Å². The average molecular weight is 263 g/mol. The summed E-state index contributed by atoms with van der Waals surface area (Å²) in [6.45, 7) is 1.43. The molecule has 1 N–H and O–H groups in total. The summed E-state index contributed by atoms with van der Waals surface area (Å²) < 4.78 is 5.51. The Morgan fingerprint density at radius 1 is 1.26 bits per heavy atom. The Labute approximate surface area is 112 Å². The molecule has 0 spiro atoms. The van der Waals surface area contributed by atoms with Crippen molar-refractivity contribution in [1.82, 2.24) is 4.90 Å². The summed E-state index contributed by atoms with van der Waals surface area (Å²) >= 11 is 0. The van der Waals surface area contributed by atoms with Crippen molar-refractivity contribution in [3.05, 3.63) is 35.9 Å². The Hall–Kier alpha value is -2.14. The lowest BCUT2D eigenvalue weighted by molar-refractivity contribution is -0.146. The summed E-state index contributed by atoms with van der Waals surface area (Å²) in [6.07, 6.45) is 2.49. The second-order valence-electron chi connectivity index (χ2n) is 4.22. The van der Waals surface area contributed by atoms with E-state index in [4.69, 9.17) is 9.84 Å². The average Bonchev–Trinajstić information content (AvgIpc) is 2.37. The molecule has 1 aromatic rings. The van der Waals surface area contributed by atoms with Gasteiger partial charge in [0.15, 0.2) is 0 Å². The van der Waals surface area contributed by atoms with Gasteiger partial charge < -0.3 is 14.7 Å². The van der Waals surface area contributed by atoms with E-state index < -0.39 is 11.8 Å². The molecule has 0 radical (unpaired) electrons. The number of hydrogen-bond donors (Lipinski definition) is 1. The Morgan fingerprint density at radius 3 is 2.42 bits per heavy atom. The van der Waals surface area contributed by atoms with Gasteiger partial charge in [-0.3, -0.25) is 4.79 Å². The molecule has 0 saturated heterocycles. The first-order valence-corrected chi connectivity index (χ1v) is 5.82. The predicted molar refractivity (Wildman–Crippen MR) is 72.2 cm³/mol. The molecule has 5 nitrogen and oxygen atoms in total. The first kappa shape index (κ1) is 14.9. The van der Waals surface area contributed by atoms with Crippen LogP contribution in [0.1, 0.15) is 5.56 Å². The topological polar surface area (TPSA) is 66.8 Å². The number of carbonyl (C=O) groups excluding carboxylic acids is 1. The molecule has 19 heavy (non-hydrogen) atoms. The van der Waals surface area contributed by atoms with Crippen molar-refractivity contribution in [2.45, 2.75) is 0 Å². The summed E-state index contributed by atoms with van der Waals surface area (Å²) in [5.41, 5.74) is 0.745. The Balaban J connectivity index is 2.52. The number of hydrogen-bond acceptors (Lipinski definition) is 4. The highest BCUT2D eigenvalue weighted by molar-refractivity contribution is 6.38. The molecule has 0 aliphatic heterocycles. The third kappa shape index (κ3) is 5.83. The molecule has 0 unspecified atom stereocenters. The lowest BCUT2D eigenvalue weighted by Crippen LogP contribution is -2.19. The second-order valence-corrected chi connectivity index (χ2v) is 4.22. The normalized spacial score (nSPS) is 10.9. The number of aliphatic carboxylic acids is 1. The van der Waals surface area contributed by atoms with Crippen LogP contribution in [0.3, 0.4) is 0 Å². The van der Waals surface area contributed by atoms with Gasteiger partial charge in [0, 0.05) is 6.54 Å². The zero-order valence-electron chi connectivity index (χ0n) is 11.0. The van der Waals surface area contributed by atoms with Gasteiger partial charge in [0.1, 0.15) is 12.4 Å². The quantitative estimate of drug-likeness (QED) is 0.593. The van der Waals surface area contributed by atoms with Gasteiger partial charge in [-0.1, -0.05) is 18.2 Å². The van der Waals surface area contributed by atoms with Gasteiger partial charge in [-0.2, -0.15) is 0 Å². The first-order valence-electron chi connectivity index (χ1n) is 5.82. The van der Waals surface area contributed by atoms with Gasteiger partial charge in [-0.15, -0.1) is 0 Å². The third-order valence-electron chi connectivity index (χ3n) is 2.33. The molecule has 0 aliphatic rings. The number of likely N-dealkylation sites (N-methyl/N-ethyl adjacent to an activating group) is 1. The molecule has 1 aromatic carbocycles. The highest BCUT2D eigenvalue weighted by Gasteiger charge is 2.05. The predicted octanol–water partition coefficient (Wildman–Crippen LogP) is 1.29. The minimum absolute atomic E-state index is 0.597. The minimum atomic E-state index is -1.46. The van der Waals surface area contributed by atoms with E-state index in [0.717, 1.165) is 23.9 Å². The van der Waals surface area contributed by atoms with Crippen LogP contribution in [0.15, 0.2) is 30.3 Å². The van der Waals surface area contributed by atoms with Crippen LogP contribution in [0.5, 0.6) is 5.75 Å². The van der Waals surface area contributed by atoms with E-state index in [0.29, 0.717) is 6.61 Å². The van der Waals surface area contributed by atoms with Gasteiger partial charge in [-0.25, -0.2) is 4.79 Å². The molecule has 0 aliphatic carbocycles. The van der Waals surface area contributed by atoms with E-state index >= 15 is 0 Å². The van der Waals surface area contributed by atoms with Crippen LogP contribution < -0.4 is 4.74 Å². The molecule has 0 heterocycles. The molecule has 0 aromatic heterocycles. The fourth-order valence-corrected chi connectivity index (χ4v) is 1.26. The molecule has 1 rings (SSSR count). The van der Waals surface area contributed by atoms with Crippen molar-refractivity contribution in [3.63, 3.8) is 0 Å². The van der Waals surface area contributed by atoms with Crippen molar-refractivity contribution in [2.24, 2.45) is 0 Å². The van der Waals surface area contributed by atoms with Gasteiger partial charge in [-0.05, 0) is 37.9 Å². The molecule has 0 atom stereocenters. The summed E-state index contributed by atoms with van der Waals surface area (Å²) in [5.74, 6) is -1.66. The van der Waals surface area contributed by atoms with Gasteiger partial charge in [0.25, 0.3) is 5.78 Å². The van der Waals surface area contributed by atoms with Crippen molar-refractivity contribution in [2.75, 3.05) is 27.2 Å². The van der Waals surface area contributed by atoms with Crippen molar-refractivity contribution < 1.29 is 19.4 Å². The smallest absolute Gasteiger partial charge is 0.376 e. The van der Waals surface area contributed by atoms with Gasteiger partial charge in [0.2, 0.25) is 0 Å². The fraction of sp³-hybridized carbons (Fsp3) is 0.286. The maximum absolute atomic E-state index is 10.9. The Kier molecular flexibility index (Phi) is 5.75. The molecular formula is C14H17NO4. The van der Waals surface area contributed by atoms with Gasteiger partial charge >= 0.3 is 5.97 Å². The van der Waals surface area contributed by atoms with Crippen molar-refractivity contribution in [1.29, 1.82) is 0 Å². The van der Waals surface area contributed by atoms with Crippen LogP contribution in [-0.2, 0) is 9.59 Å². The van der Waals surface area contributed by atoms with E-state index in [1.807, 2.05) is 19.0 Å². The van der Waals surface area contributed by atoms with Crippen molar-refractivity contribution in [3.8, 4) is 5.75 Å². The van der Waals surface area contributed by atoms with E-state index in [1.54, 1.807) is 24.3 Å². The monoisotopic (exact) mass is 263 g/mol. The third-order valence-corrected chi connectivity index (χ3v) is 2.33. The zero-order valence-corrected chi connectivity index (χ0v) is 11.0. The van der Waals surface area contributed by atoms with Crippen LogP contribution in [-0.4, -0.2) is 49.0 Å². The summed E-state index contributed by atoms with van der Waals surface area (Å²) in [6, 6.07) is 7.08. The number of ketones is 1. The van der Waals surface area contributed by atoms with E-state index in [9.17, 15) is 9.59 Å². The lowest BCUT2D eigenvalue weighted by atomic mass is 10.2. The fourth-order valence-electron chi connectivity index (χ4n) is 1.26. The van der Waals surface area contributed by atoms with E-state index in [-0.39, 0.29) is 0 Å². The number of carbonyl (C=O) groups is 2. The standard InChI is InChI=1S/C14H17NO4/c1-15(2)9-10-19-12-6-3-11(4-7-12)5-8-13(16)14(17)18/h3-8H,9-10H2,1-2H3,(H,17,18)/b8-5+. The number of rotatable bonds is 7. The number of nitrogens with zero attached hydrogens (tertiary/aromatic N) is 1.